The largest absolute Gasteiger partial charge is 0.332 e. The van der Waals surface area contributed by atoms with Crippen LogP contribution in [-0.2, 0) is 11.3 Å². The van der Waals surface area contributed by atoms with Gasteiger partial charge >= 0.3 is 0 Å². The normalized spacial score (nSPS) is 25.7. The van der Waals surface area contributed by atoms with Gasteiger partial charge in [0.1, 0.15) is 12.4 Å². The molecule has 0 bridgehead atoms. The van der Waals surface area contributed by atoms with Gasteiger partial charge in [-0.3, -0.25) is 4.79 Å². The molecule has 2 heterocycles. The maximum Gasteiger partial charge on any atom is 0.226 e. The minimum absolute atomic E-state index is 0.178. The van der Waals surface area contributed by atoms with E-state index in [9.17, 15) is 9.18 Å². The van der Waals surface area contributed by atoms with Crippen LogP contribution in [0.3, 0.4) is 0 Å². The molecule has 2 aliphatic heterocycles. The first kappa shape index (κ1) is 17.4. The average Bonchev–Trinajstić information content (AvgIpc) is 2.64. The van der Waals surface area contributed by atoms with E-state index in [4.69, 9.17) is 0 Å². The summed E-state index contributed by atoms with van der Waals surface area (Å²) in [6, 6.07) is 6.80. The third kappa shape index (κ3) is 4.33. The Morgan fingerprint density at radius 1 is 1.08 bits per heavy atom. The van der Waals surface area contributed by atoms with Crippen molar-refractivity contribution < 1.29 is 19.0 Å². The Hall–Kier alpha value is -1.46. The number of hydrogen-bond donors (Lipinski definition) is 2. The Balaban J connectivity index is 1.44. The number of likely N-dealkylation sites (N-methyl/N-ethyl adjacent to an activating group) is 1. The molecule has 3 rings (SSSR count). The lowest BCUT2D eigenvalue weighted by Crippen LogP contribution is -3.14. The molecule has 0 saturated carbocycles. The summed E-state index contributed by atoms with van der Waals surface area (Å²) in [6.07, 6.45) is 1.96. The van der Waals surface area contributed by atoms with Crippen molar-refractivity contribution in [3.05, 3.63) is 35.6 Å². The van der Waals surface area contributed by atoms with Gasteiger partial charge in [0.15, 0.2) is 0 Å². The Bertz CT molecular complexity index is 532. The topological polar surface area (TPSA) is 29.2 Å². The van der Waals surface area contributed by atoms with E-state index in [-0.39, 0.29) is 11.7 Å². The van der Waals surface area contributed by atoms with Crippen LogP contribution >= 0.6 is 0 Å². The first-order valence-corrected chi connectivity index (χ1v) is 9.36. The van der Waals surface area contributed by atoms with Gasteiger partial charge in [-0.15, -0.1) is 0 Å². The first-order valence-electron chi connectivity index (χ1n) is 9.36. The Morgan fingerprint density at radius 2 is 1.71 bits per heavy atom. The van der Waals surface area contributed by atoms with Gasteiger partial charge in [0.05, 0.1) is 45.8 Å². The molecule has 2 N–H and O–H groups in total. The number of hydrogen-bond acceptors (Lipinski definition) is 1. The number of amides is 1. The van der Waals surface area contributed by atoms with Crippen LogP contribution in [0.25, 0.3) is 0 Å². The molecule has 0 radical (unpaired) electrons. The molecule has 132 valence electrons. The van der Waals surface area contributed by atoms with Crippen molar-refractivity contribution in [3.63, 3.8) is 0 Å². The van der Waals surface area contributed by atoms with Crippen LogP contribution in [0.15, 0.2) is 24.3 Å². The number of benzene rings is 1. The molecule has 0 aromatic heterocycles. The summed E-state index contributed by atoms with van der Waals surface area (Å²) < 4.78 is 13.0. The second-order valence-corrected chi connectivity index (χ2v) is 7.26. The quantitative estimate of drug-likeness (QED) is 0.754. The zero-order valence-electron chi connectivity index (χ0n) is 14.7. The van der Waals surface area contributed by atoms with Crippen LogP contribution in [0.1, 0.15) is 25.3 Å². The van der Waals surface area contributed by atoms with Crippen LogP contribution in [0, 0.1) is 11.7 Å². The van der Waals surface area contributed by atoms with Crippen LogP contribution < -0.4 is 9.80 Å². The van der Waals surface area contributed by atoms with Crippen LogP contribution in [-0.4, -0.2) is 56.6 Å². The number of piperidine rings is 1. The van der Waals surface area contributed by atoms with Gasteiger partial charge in [0.25, 0.3) is 0 Å². The van der Waals surface area contributed by atoms with E-state index in [1.54, 1.807) is 4.90 Å². The van der Waals surface area contributed by atoms with Crippen LogP contribution in [0.4, 0.5) is 4.39 Å². The van der Waals surface area contributed by atoms with Crippen molar-refractivity contribution in [2.75, 3.05) is 45.8 Å². The summed E-state index contributed by atoms with van der Waals surface area (Å²) >= 11 is 0. The lowest BCUT2D eigenvalue weighted by molar-refractivity contribution is -0.919. The van der Waals surface area contributed by atoms with E-state index in [2.05, 4.69) is 11.8 Å². The molecule has 2 aliphatic rings. The monoisotopic (exact) mass is 335 g/mol. The second-order valence-electron chi connectivity index (χ2n) is 7.26. The minimum atomic E-state index is -0.178. The molecule has 1 aromatic carbocycles. The fraction of sp³-hybridized carbons (Fsp3) is 0.632. The number of piperazine rings is 1. The highest BCUT2D eigenvalue weighted by Crippen LogP contribution is 2.14. The molecule has 1 aromatic rings. The maximum absolute atomic E-state index is 13.0. The average molecular weight is 335 g/mol. The molecule has 0 spiro atoms. The molecule has 2 saturated heterocycles. The Kier molecular flexibility index (Phi) is 5.85. The molecular formula is C19H30FN3O+2. The number of quaternary nitrogens is 2. The van der Waals surface area contributed by atoms with Gasteiger partial charge in [-0.05, 0) is 19.1 Å². The van der Waals surface area contributed by atoms with Crippen molar-refractivity contribution in [1.29, 1.82) is 0 Å². The third-order valence-corrected chi connectivity index (χ3v) is 5.69. The maximum atomic E-state index is 13.0. The number of carbonyl (C=O) groups excluding carboxylic acids is 1. The van der Waals surface area contributed by atoms with Crippen molar-refractivity contribution in [2.24, 2.45) is 5.92 Å². The fourth-order valence-electron chi connectivity index (χ4n) is 4.00. The van der Waals surface area contributed by atoms with E-state index < -0.39 is 0 Å². The summed E-state index contributed by atoms with van der Waals surface area (Å²) in [5, 5.41) is 0. The second kappa shape index (κ2) is 8.08. The Morgan fingerprint density at radius 3 is 2.29 bits per heavy atom. The first-order chi connectivity index (χ1) is 11.7. The van der Waals surface area contributed by atoms with Gasteiger partial charge in [0, 0.05) is 24.3 Å². The molecule has 0 aliphatic carbocycles. The summed E-state index contributed by atoms with van der Waals surface area (Å²) in [4.78, 5) is 17.9. The van der Waals surface area contributed by atoms with Gasteiger partial charge in [-0.25, -0.2) is 4.39 Å². The predicted octanol–water partition coefficient (Wildman–Crippen LogP) is -0.632. The molecule has 4 nitrogen and oxygen atoms in total. The zero-order valence-corrected chi connectivity index (χ0v) is 14.7. The number of likely N-dealkylation sites (tertiary alicyclic amines) is 1. The number of halogens is 1. The highest BCUT2D eigenvalue weighted by molar-refractivity contribution is 5.79. The third-order valence-electron chi connectivity index (χ3n) is 5.69. The smallest absolute Gasteiger partial charge is 0.226 e. The lowest BCUT2D eigenvalue weighted by Gasteiger charge is -2.35. The van der Waals surface area contributed by atoms with Crippen LogP contribution in [0.2, 0.25) is 0 Å². The summed E-state index contributed by atoms with van der Waals surface area (Å²) in [6.45, 7) is 10.4. The lowest BCUT2D eigenvalue weighted by atomic mass is 9.94. The molecular weight excluding hydrogens is 305 g/mol. The minimum Gasteiger partial charge on any atom is -0.332 e. The summed E-state index contributed by atoms with van der Waals surface area (Å²) in [5.41, 5.74) is 1.18. The number of carbonyl (C=O) groups is 1. The summed E-state index contributed by atoms with van der Waals surface area (Å²) in [7, 11) is 0. The number of nitrogens with one attached hydrogen (secondary N) is 2. The molecule has 0 atom stereocenters. The SMILES string of the molecule is CC[NH+]1CCN(C(=O)C2CC[NH+](Cc3ccc(F)cc3)CC2)CC1. The summed E-state index contributed by atoms with van der Waals surface area (Å²) in [5.74, 6) is 0.416. The van der Waals surface area contributed by atoms with E-state index >= 15 is 0 Å². The highest BCUT2D eigenvalue weighted by atomic mass is 19.1. The number of rotatable bonds is 4. The predicted molar refractivity (Wildman–Crippen MR) is 91.3 cm³/mol. The zero-order chi connectivity index (χ0) is 16.9. The van der Waals surface area contributed by atoms with Crippen molar-refractivity contribution in [2.45, 2.75) is 26.3 Å². The van der Waals surface area contributed by atoms with Crippen molar-refractivity contribution in [3.8, 4) is 0 Å². The highest BCUT2D eigenvalue weighted by Gasteiger charge is 2.32. The van der Waals surface area contributed by atoms with Crippen molar-refractivity contribution >= 4 is 5.91 Å². The number of nitrogens with zero attached hydrogens (tertiary/aromatic N) is 1. The van der Waals surface area contributed by atoms with Gasteiger partial charge in [-0.1, -0.05) is 12.1 Å². The van der Waals surface area contributed by atoms with E-state index in [1.165, 1.54) is 22.6 Å². The van der Waals surface area contributed by atoms with Gasteiger partial charge in [-0.2, -0.15) is 0 Å². The van der Waals surface area contributed by atoms with Crippen LogP contribution in [0.5, 0.6) is 0 Å². The molecule has 1 amide bonds. The molecule has 0 unspecified atom stereocenters. The Labute approximate surface area is 144 Å². The van der Waals surface area contributed by atoms with Gasteiger partial charge < -0.3 is 14.7 Å². The van der Waals surface area contributed by atoms with E-state index in [1.807, 2.05) is 12.1 Å². The molecule has 2 fully saturated rings. The molecule has 24 heavy (non-hydrogen) atoms. The van der Waals surface area contributed by atoms with E-state index in [0.717, 1.165) is 65.2 Å². The molecule has 5 heteroatoms. The van der Waals surface area contributed by atoms with Gasteiger partial charge in [0.2, 0.25) is 5.91 Å². The fourth-order valence-corrected chi connectivity index (χ4v) is 4.00. The standard InChI is InChI=1S/C19H28FN3O/c1-2-21-11-13-23(14-12-21)19(24)17-7-9-22(10-8-17)15-16-3-5-18(20)6-4-16/h3-6,17H,2,7-15H2,1H3/p+2. The van der Waals surface area contributed by atoms with E-state index in [0.29, 0.717) is 5.91 Å². The van der Waals surface area contributed by atoms with Crippen molar-refractivity contribution in [1.82, 2.24) is 4.90 Å².